The third-order valence-corrected chi connectivity index (χ3v) is 5.08. The molecule has 0 amide bonds. The minimum atomic E-state index is 0.537. The summed E-state index contributed by atoms with van der Waals surface area (Å²) in [6.07, 6.45) is 2.05. The average molecular weight is 374 g/mol. The summed E-state index contributed by atoms with van der Waals surface area (Å²) in [4.78, 5) is 11.5. The van der Waals surface area contributed by atoms with E-state index >= 15 is 0 Å². The summed E-state index contributed by atoms with van der Waals surface area (Å²) in [6.45, 7) is 3.49. The minimum Gasteiger partial charge on any atom is -0.492 e. The van der Waals surface area contributed by atoms with E-state index in [1.807, 2.05) is 38.5 Å². The molecule has 1 N–H and O–H groups in total. The predicted octanol–water partition coefficient (Wildman–Crippen LogP) is 3.64. The molecule has 2 heterocycles. The van der Waals surface area contributed by atoms with Crippen molar-refractivity contribution in [1.82, 2.24) is 10.3 Å². The summed E-state index contributed by atoms with van der Waals surface area (Å²) >= 11 is 0. The Morgan fingerprint density at radius 3 is 2.71 bits per heavy atom. The van der Waals surface area contributed by atoms with Gasteiger partial charge in [-0.25, -0.2) is 4.98 Å². The van der Waals surface area contributed by atoms with Gasteiger partial charge < -0.3 is 19.9 Å². The first-order valence-corrected chi connectivity index (χ1v) is 9.73. The molecule has 0 spiro atoms. The first-order valence-electron chi connectivity index (χ1n) is 9.73. The average Bonchev–Trinajstić information content (AvgIpc) is 2.70. The number of hydrogen-bond acceptors (Lipinski definition) is 5. The van der Waals surface area contributed by atoms with E-state index in [0.29, 0.717) is 12.5 Å². The van der Waals surface area contributed by atoms with Gasteiger partial charge in [0, 0.05) is 55.5 Å². The third kappa shape index (κ3) is 3.85. The van der Waals surface area contributed by atoms with Crippen molar-refractivity contribution in [1.29, 1.82) is 0 Å². The molecule has 5 heteroatoms. The number of aromatic nitrogens is 1. The van der Waals surface area contributed by atoms with Crippen molar-refractivity contribution in [2.45, 2.75) is 0 Å². The van der Waals surface area contributed by atoms with Crippen LogP contribution in [0.15, 0.2) is 59.6 Å². The lowest BCUT2D eigenvalue weighted by atomic mass is 9.98. The summed E-state index contributed by atoms with van der Waals surface area (Å²) in [6, 6.07) is 18.8. The molecule has 1 fully saturated rings. The Labute approximate surface area is 166 Å². The molecular weight excluding hydrogens is 348 g/mol. The predicted molar refractivity (Wildman–Crippen MR) is 117 cm³/mol. The van der Waals surface area contributed by atoms with Gasteiger partial charge in [-0.15, -0.1) is 0 Å². The highest BCUT2D eigenvalue weighted by Gasteiger charge is 2.27. The Morgan fingerprint density at radius 1 is 1.18 bits per heavy atom. The fraction of sp³-hybridized carbons (Fsp3) is 0.304. The van der Waals surface area contributed by atoms with Crippen molar-refractivity contribution in [3.05, 3.63) is 54.6 Å². The van der Waals surface area contributed by atoms with E-state index in [2.05, 4.69) is 51.6 Å². The highest BCUT2D eigenvalue weighted by Crippen LogP contribution is 2.34. The molecule has 0 saturated carbocycles. The van der Waals surface area contributed by atoms with Gasteiger partial charge in [0.05, 0.1) is 11.2 Å². The molecule has 1 aliphatic rings. The summed E-state index contributed by atoms with van der Waals surface area (Å²) in [5.74, 6) is 1.42. The number of rotatable bonds is 7. The zero-order valence-corrected chi connectivity index (χ0v) is 16.4. The molecule has 28 heavy (non-hydrogen) atoms. The van der Waals surface area contributed by atoms with Gasteiger partial charge in [0.2, 0.25) is 0 Å². The number of hydrogen-bond donors (Lipinski definition) is 1. The zero-order valence-electron chi connectivity index (χ0n) is 16.4. The molecule has 0 bridgehead atoms. The molecular formula is C23H26N4O. The second-order valence-corrected chi connectivity index (χ2v) is 7.09. The van der Waals surface area contributed by atoms with Crippen molar-refractivity contribution in [2.75, 3.05) is 45.2 Å². The SMILES string of the molecule is CN=CC1CN(c2cc(-c3ccc(OCCNC)cc3)nc3ccccc23)C1. The van der Waals surface area contributed by atoms with Gasteiger partial charge in [-0.2, -0.15) is 0 Å². The van der Waals surface area contributed by atoms with Gasteiger partial charge in [-0.05, 0) is 43.4 Å². The van der Waals surface area contributed by atoms with Gasteiger partial charge >= 0.3 is 0 Å². The van der Waals surface area contributed by atoms with Crippen molar-refractivity contribution in [3.63, 3.8) is 0 Å². The minimum absolute atomic E-state index is 0.537. The molecule has 144 valence electrons. The number of ether oxygens (including phenoxy) is 1. The normalized spacial score (nSPS) is 14.6. The van der Waals surface area contributed by atoms with Gasteiger partial charge in [-0.3, -0.25) is 0 Å². The number of anilines is 1. The van der Waals surface area contributed by atoms with Crippen molar-refractivity contribution >= 4 is 22.8 Å². The Bertz CT molecular complexity index is 962. The Balaban J connectivity index is 1.63. The standard InChI is InChI=1S/C23H26N4O/c1-24-11-12-28-19-9-7-18(8-10-19)22-13-23(27-15-17(16-27)14-25-2)20-5-3-4-6-21(20)26-22/h3-10,13-14,17,24H,11-12,15-16H2,1-2H3. The molecule has 1 saturated heterocycles. The van der Waals surface area contributed by atoms with Crippen LogP contribution in [0.3, 0.4) is 0 Å². The summed E-state index contributed by atoms with van der Waals surface area (Å²) in [5.41, 5.74) is 4.36. The lowest BCUT2D eigenvalue weighted by molar-refractivity contribution is 0.318. The smallest absolute Gasteiger partial charge is 0.119 e. The van der Waals surface area contributed by atoms with Crippen molar-refractivity contribution < 1.29 is 4.74 Å². The maximum absolute atomic E-state index is 5.73. The van der Waals surface area contributed by atoms with E-state index in [1.54, 1.807) is 0 Å². The fourth-order valence-electron chi connectivity index (χ4n) is 3.57. The zero-order chi connectivity index (χ0) is 19.3. The quantitative estimate of drug-likeness (QED) is 0.507. The van der Waals surface area contributed by atoms with Crippen LogP contribution in [0.2, 0.25) is 0 Å². The van der Waals surface area contributed by atoms with Crippen LogP contribution < -0.4 is 15.0 Å². The maximum Gasteiger partial charge on any atom is 0.119 e. The molecule has 4 rings (SSSR count). The van der Waals surface area contributed by atoms with E-state index in [0.717, 1.165) is 42.2 Å². The number of nitrogens with zero attached hydrogens (tertiary/aromatic N) is 3. The maximum atomic E-state index is 5.73. The third-order valence-electron chi connectivity index (χ3n) is 5.08. The number of para-hydroxylation sites is 1. The molecule has 5 nitrogen and oxygen atoms in total. The number of pyridine rings is 1. The van der Waals surface area contributed by atoms with E-state index < -0.39 is 0 Å². The van der Waals surface area contributed by atoms with Crippen molar-refractivity contribution in [2.24, 2.45) is 10.9 Å². The second-order valence-electron chi connectivity index (χ2n) is 7.09. The lowest BCUT2D eigenvalue weighted by Gasteiger charge is -2.39. The van der Waals surface area contributed by atoms with Crippen LogP contribution >= 0.6 is 0 Å². The molecule has 0 aliphatic carbocycles. The summed E-state index contributed by atoms with van der Waals surface area (Å²) in [5, 5.41) is 4.28. The van der Waals surface area contributed by atoms with E-state index in [-0.39, 0.29) is 0 Å². The van der Waals surface area contributed by atoms with E-state index in [1.165, 1.54) is 11.1 Å². The fourth-order valence-corrected chi connectivity index (χ4v) is 3.57. The number of likely N-dealkylation sites (N-methyl/N-ethyl adjacent to an activating group) is 1. The van der Waals surface area contributed by atoms with E-state index in [9.17, 15) is 0 Å². The van der Waals surface area contributed by atoms with Crippen LogP contribution in [0.1, 0.15) is 0 Å². The number of nitrogens with one attached hydrogen (secondary N) is 1. The van der Waals surface area contributed by atoms with Crippen LogP contribution in [0.4, 0.5) is 5.69 Å². The number of fused-ring (bicyclic) bond motifs is 1. The summed E-state index contributed by atoms with van der Waals surface area (Å²) < 4.78 is 5.73. The van der Waals surface area contributed by atoms with Crippen molar-refractivity contribution in [3.8, 4) is 17.0 Å². The highest BCUT2D eigenvalue weighted by molar-refractivity contribution is 5.95. The van der Waals surface area contributed by atoms with Gasteiger partial charge in [0.25, 0.3) is 0 Å². The topological polar surface area (TPSA) is 49.8 Å². The molecule has 1 aliphatic heterocycles. The largest absolute Gasteiger partial charge is 0.492 e. The molecule has 3 aromatic rings. The number of benzene rings is 2. The second kappa shape index (κ2) is 8.40. The molecule has 2 aromatic carbocycles. The van der Waals surface area contributed by atoms with Crippen LogP contribution in [0, 0.1) is 5.92 Å². The van der Waals surface area contributed by atoms with E-state index in [4.69, 9.17) is 9.72 Å². The first kappa shape index (κ1) is 18.4. The summed E-state index contributed by atoms with van der Waals surface area (Å²) in [7, 11) is 3.76. The van der Waals surface area contributed by atoms with Crippen LogP contribution in [0.25, 0.3) is 22.2 Å². The van der Waals surface area contributed by atoms with Crippen LogP contribution in [-0.2, 0) is 0 Å². The molecule has 0 unspecified atom stereocenters. The number of aliphatic imine (C=N–C) groups is 1. The Morgan fingerprint density at radius 2 is 1.96 bits per heavy atom. The first-order chi connectivity index (χ1) is 13.8. The Hall–Kier alpha value is -2.92. The van der Waals surface area contributed by atoms with Crippen LogP contribution in [-0.4, -0.2) is 51.5 Å². The monoisotopic (exact) mass is 374 g/mol. The molecule has 0 radical (unpaired) electrons. The molecule has 1 aromatic heterocycles. The van der Waals surface area contributed by atoms with Gasteiger partial charge in [0.15, 0.2) is 0 Å². The van der Waals surface area contributed by atoms with Gasteiger partial charge in [0.1, 0.15) is 12.4 Å². The van der Waals surface area contributed by atoms with Crippen LogP contribution in [0.5, 0.6) is 5.75 Å². The molecule has 0 atom stereocenters. The Kier molecular flexibility index (Phi) is 5.53. The highest BCUT2D eigenvalue weighted by atomic mass is 16.5. The lowest BCUT2D eigenvalue weighted by Crippen LogP contribution is -2.47. The van der Waals surface area contributed by atoms with Gasteiger partial charge in [-0.1, -0.05) is 18.2 Å².